The summed E-state index contributed by atoms with van der Waals surface area (Å²) in [6, 6.07) is 5.84. The van der Waals surface area contributed by atoms with Crippen LogP contribution in [0.15, 0.2) is 18.2 Å². The third-order valence-electron chi connectivity index (χ3n) is 3.88. The van der Waals surface area contributed by atoms with Crippen molar-refractivity contribution in [2.45, 2.75) is 39.2 Å². The predicted octanol–water partition coefficient (Wildman–Crippen LogP) is 4.91. The maximum Gasteiger partial charge on any atom is 0.0595 e. The molecule has 0 aliphatic heterocycles. The molecule has 0 heterocycles. The molecule has 3 heteroatoms. The molecule has 0 bridgehead atoms. The van der Waals surface area contributed by atoms with E-state index in [0.717, 1.165) is 24.9 Å². The molecule has 1 saturated carbocycles. The summed E-state index contributed by atoms with van der Waals surface area (Å²) in [5.74, 6) is 1.78. The molecule has 1 aliphatic carbocycles. The normalized spacial score (nSPS) is 24.2. The molecule has 0 aromatic heterocycles. The molecule has 100 valence electrons. The number of rotatable bonds is 4. The molecule has 1 nitrogen and oxygen atoms in total. The number of hydrogen-bond donors (Lipinski definition) is 1. The standard InChI is InChI=1S/C15H21Cl2N/c1-11-2-4-12(5-3-11)9-18-10-13-6-7-14(16)15(17)8-13/h6-8,11-12,18H,2-5,9-10H2,1H3. The SMILES string of the molecule is CC1CCC(CNCc2ccc(Cl)c(Cl)c2)CC1. The summed E-state index contributed by atoms with van der Waals surface area (Å²) in [5.41, 5.74) is 1.20. The fraction of sp³-hybridized carbons (Fsp3) is 0.600. The Labute approximate surface area is 120 Å². The maximum absolute atomic E-state index is 6.00. The second kappa shape index (κ2) is 6.79. The fourth-order valence-corrected chi connectivity index (χ4v) is 2.92. The molecule has 2 rings (SSSR count). The average molecular weight is 286 g/mol. The first-order valence-corrected chi connectivity index (χ1v) is 7.55. The van der Waals surface area contributed by atoms with E-state index in [1.54, 1.807) is 0 Å². The summed E-state index contributed by atoms with van der Waals surface area (Å²) in [6.07, 6.45) is 5.52. The van der Waals surface area contributed by atoms with Crippen molar-refractivity contribution in [2.75, 3.05) is 6.54 Å². The number of hydrogen-bond acceptors (Lipinski definition) is 1. The predicted molar refractivity (Wildman–Crippen MR) is 79.3 cm³/mol. The van der Waals surface area contributed by atoms with E-state index in [2.05, 4.69) is 12.2 Å². The zero-order valence-corrected chi connectivity index (χ0v) is 12.4. The Bertz CT molecular complexity index is 384. The molecule has 0 atom stereocenters. The largest absolute Gasteiger partial charge is 0.312 e. The Hall–Kier alpha value is -0.240. The van der Waals surface area contributed by atoms with Crippen LogP contribution in [0.2, 0.25) is 10.0 Å². The first kappa shape index (κ1) is 14.2. The molecule has 0 spiro atoms. The Morgan fingerprint density at radius 1 is 1.11 bits per heavy atom. The van der Waals surface area contributed by atoms with Crippen molar-refractivity contribution in [1.82, 2.24) is 5.32 Å². The highest BCUT2D eigenvalue weighted by atomic mass is 35.5. The highest BCUT2D eigenvalue weighted by Gasteiger charge is 2.17. The minimum Gasteiger partial charge on any atom is -0.312 e. The van der Waals surface area contributed by atoms with Crippen LogP contribution in [0.1, 0.15) is 38.2 Å². The van der Waals surface area contributed by atoms with Crippen LogP contribution in [0, 0.1) is 11.8 Å². The van der Waals surface area contributed by atoms with Gasteiger partial charge in [0.2, 0.25) is 0 Å². The minimum absolute atomic E-state index is 0.627. The van der Waals surface area contributed by atoms with Crippen molar-refractivity contribution < 1.29 is 0 Å². The molecule has 0 amide bonds. The Balaban J connectivity index is 1.73. The summed E-state index contributed by atoms with van der Waals surface area (Å²) >= 11 is 11.9. The third-order valence-corrected chi connectivity index (χ3v) is 4.62. The molecule has 18 heavy (non-hydrogen) atoms. The third kappa shape index (κ3) is 4.15. The highest BCUT2D eigenvalue weighted by Crippen LogP contribution is 2.28. The van der Waals surface area contributed by atoms with Crippen LogP contribution in [0.5, 0.6) is 0 Å². The molecule has 1 fully saturated rings. The van der Waals surface area contributed by atoms with Gasteiger partial charge in [-0.1, -0.05) is 49.0 Å². The van der Waals surface area contributed by atoms with Crippen molar-refractivity contribution in [3.63, 3.8) is 0 Å². The van der Waals surface area contributed by atoms with Gasteiger partial charge in [0.05, 0.1) is 10.0 Å². The van der Waals surface area contributed by atoms with Crippen LogP contribution in [0.3, 0.4) is 0 Å². The van der Waals surface area contributed by atoms with Gasteiger partial charge in [-0.15, -0.1) is 0 Å². The van der Waals surface area contributed by atoms with Gasteiger partial charge in [-0.25, -0.2) is 0 Å². The summed E-state index contributed by atoms with van der Waals surface area (Å²) < 4.78 is 0. The number of benzene rings is 1. The molecular weight excluding hydrogens is 265 g/mol. The van der Waals surface area contributed by atoms with Gasteiger partial charge >= 0.3 is 0 Å². The van der Waals surface area contributed by atoms with Gasteiger partial charge in [0.15, 0.2) is 0 Å². The topological polar surface area (TPSA) is 12.0 Å². The molecule has 1 aliphatic rings. The van der Waals surface area contributed by atoms with E-state index in [9.17, 15) is 0 Å². The average Bonchev–Trinajstić information content (AvgIpc) is 2.36. The second-order valence-corrected chi connectivity index (χ2v) is 6.32. The van der Waals surface area contributed by atoms with Crippen LogP contribution in [-0.2, 0) is 6.54 Å². The quantitative estimate of drug-likeness (QED) is 0.829. The van der Waals surface area contributed by atoms with Gasteiger partial charge < -0.3 is 5.32 Å². The van der Waals surface area contributed by atoms with Gasteiger partial charge in [0.25, 0.3) is 0 Å². The Morgan fingerprint density at radius 3 is 2.50 bits per heavy atom. The summed E-state index contributed by atoms with van der Waals surface area (Å²) in [6.45, 7) is 4.36. The lowest BCUT2D eigenvalue weighted by Gasteiger charge is -2.26. The van der Waals surface area contributed by atoms with Crippen LogP contribution >= 0.6 is 23.2 Å². The summed E-state index contributed by atoms with van der Waals surface area (Å²) in [5, 5.41) is 4.80. The molecule has 1 aromatic rings. The summed E-state index contributed by atoms with van der Waals surface area (Å²) in [4.78, 5) is 0. The molecule has 1 N–H and O–H groups in total. The Morgan fingerprint density at radius 2 is 1.83 bits per heavy atom. The molecule has 0 unspecified atom stereocenters. The van der Waals surface area contributed by atoms with E-state index in [0.29, 0.717) is 10.0 Å². The number of halogens is 2. The van der Waals surface area contributed by atoms with E-state index in [-0.39, 0.29) is 0 Å². The lowest BCUT2D eigenvalue weighted by molar-refractivity contribution is 0.281. The van der Waals surface area contributed by atoms with Gasteiger partial charge in [0.1, 0.15) is 0 Å². The van der Waals surface area contributed by atoms with Gasteiger partial charge in [-0.05, 0) is 48.9 Å². The van der Waals surface area contributed by atoms with Crippen molar-refractivity contribution in [2.24, 2.45) is 11.8 Å². The minimum atomic E-state index is 0.627. The first-order chi connectivity index (χ1) is 8.65. The van der Waals surface area contributed by atoms with Crippen molar-refractivity contribution in [3.8, 4) is 0 Å². The van der Waals surface area contributed by atoms with Crippen LogP contribution < -0.4 is 5.32 Å². The van der Waals surface area contributed by atoms with Gasteiger partial charge in [0, 0.05) is 6.54 Å². The molecular formula is C15H21Cl2N. The first-order valence-electron chi connectivity index (χ1n) is 6.80. The van der Waals surface area contributed by atoms with Crippen molar-refractivity contribution in [3.05, 3.63) is 33.8 Å². The lowest BCUT2D eigenvalue weighted by atomic mass is 9.83. The van der Waals surface area contributed by atoms with Gasteiger partial charge in [-0.3, -0.25) is 0 Å². The van der Waals surface area contributed by atoms with Crippen LogP contribution in [-0.4, -0.2) is 6.54 Å². The van der Waals surface area contributed by atoms with E-state index in [1.807, 2.05) is 18.2 Å². The molecule has 0 saturated heterocycles. The zero-order valence-electron chi connectivity index (χ0n) is 10.9. The van der Waals surface area contributed by atoms with Crippen molar-refractivity contribution >= 4 is 23.2 Å². The van der Waals surface area contributed by atoms with Crippen molar-refractivity contribution in [1.29, 1.82) is 0 Å². The van der Waals surface area contributed by atoms with Crippen LogP contribution in [0.25, 0.3) is 0 Å². The van der Waals surface area contributed by atoms with E-state index < -0.39 is 0 Å². The molecule has 1 aromatic carbocycles. The Kier molecular flexibility index (Phi) is 5.35. The molecule has 0 radical (unpaired) electrons. The second-order valence-electron chi connectivity index (χ2n) is 5.51. The van der Waals surface area contributed by atoms with E-state index in [4.69, 9.17) is 23.2 Å². The summed E-state index contributed by atoms with van der Waals surface area (Å²) in [7, 11) is 0. The van der Waals surface area contributed by atoms with E-state index in [1.165, 1.54) is 31.2 Å². The highest BCUT2D eigenvalue weighted by molar-refractivity contribution is 6.42. The van der Waals surface area contributed by atoms with Gasteiger partial charge in [-0.2, -0.15) is 0 Å². The van der Waals surface area contributed by atoms with E-state index >= 15 is 0 Å². The maximum atomic E-state index is 6.00. The smallest absolute Gasteiger partial charge is 0.0595 e. The lowest BCUT2D eigenvalue weighted by Crippen LogP contribution is -2.25. The zero-order chi connectivity index (χ0) is 13.0. The van der Waals surface area contributed by atoms with Crippen LogP contribution in [0.4, 0.5) is 0 Å². The monoisotopic (exact) mass is 285 g/mol. The number of nitrogens with one attached hydrogen (secondary N) is 1. The fourth-order valence-electron chi connectivity index (χ4n) is 2.60.